The third-order valence-corrected chi connectivity index (χ3v) is 2.62. The number of nitrogens with zero attached hydrogens (tertiary/aromatic N) is 2. The highest BCUT2D eigenvalue weighted by Gasteiger charge is 2.18. The summed E-state index contributed by atoms with van der Waals surface area (Å²) in [6.07, 6.45) is 7.36. The van der Waals surface area contributed by atoms with Crippen molar-refractivity contribution in [2.75, 3.05) is 20.1 Å². The van der Waals surface area contributed by atoms with E-state index in [9.17, 15) is 0 Å². The van der Waals surface area contributed by atoms with E-state index in [1.54, 1.807) is 0 Å². The monoisotopic (exact) mass is 167 g/mol. The van der Waals surface area contributed by atoms with Crippen molar-refractivity contribution >= 4 is 0 Å². The van der Waals surface area contributed by atoms with E-state index in [0.29, 0.717) is 0 Å². The Hall–Kier alpha value is -0.750. The first kappa shape index (κ1) is 9.34. The molecule has 0 radical (unpaired) electrons. The lowest BCUT2D eigenvalue weighted by Gasteiger charge is -2.23. The fourth-order valence-electron chi connectivity index (χ4n) is 1.82. The number of hydrogen-bond acceptors (Lipinski definition) is 3. The van der Waals surface area contributed by atoms with Crippen LogP contribution >= 0.6 is 0 Å². The molecular weight excluding hydrogens is 150 g/mol. The second kappa shape index (κ2) is 5.00. The average Bonchev–Trinajstić information content (AvgIpc) is 2.56. The van der Waals surface area contributed by atoms with E-state index in [1.807, 2.05) is 6.19 Å². The molecule has 1 saturated carbocycles. The molecule has 0 amide bonds. The van der Waals surface area contributed by atoms with Gasteiger partial charge in [-0.25, -0.2) is 0 Å². The Bertz CT molecular complexity index is 156. The van der Waals surface area contributed by atoms with Gasteiger partial charge in [-0.05, 0) is 19.9 Å². The molecule has 68 valence electrons. The molecule has 3 nitrogen and oxygen atoms in total. The van der Waals surface area contributed by atoms with Gasteiger partial charge in [0.25, 0.3) is 0 Å². The van der Waals surface area contributed by atoms with E-state index in [1.165, 1.54) is 25.7 Å². The van der Waals surface area contributed by atoms with Crippen molar-refractivity contribution in [3.05, 3.63) is 0 Å². The van der Waals surface area contributed by atoms with Gasteiger partial charge in [0, 0.05) is 19.1 Å². The first-order valence-electron chi connectivity index (χ1n) is 4.67. The molecule has 12 heavy (non-hydrogen) atoms. The summed E-state index contributed by atoms with van der Waals surface area (Å²) in [7, 11) is 2.15. The second-order valence-corrected chi connectivity index (χ2v) is 3.46. The summed E-state index contributed by atoms with van der Waals surface area (Å²) in [5.74, 6) is 0. The van der Waals surface area contributed by atoms with Gasteiger partial charge in [0.1, 0.15) is 0 Å². The first-order chi connectivity index (χ1) is 5.84. The molecule has 0 saturated heterocycles. The Morgan fingerprint density at radius 1 is 1.50 bits per heavy atom. The molecular formula is C9H17N3. The highest BCUT2D eigenvalue weighted by Crippen LogP contribution is 2.21. The summed E-state index contributed by atoms with van der Waals surface area (Å²) >= 11 is 0. The van der Waals surface area contributed by atoms with Crippen LogP contribution in [0.3, 0.4) is 0 Å². The van der Waals surface area contributed by atoms with E-state index in [2.05, 4.69) is 17.3 Å². The van der Waals surface area contributed by atoms with Crippen LogP contribution in [0.25, 0.3) is 0 Å². The van der Waals surface area contributed by atoms with Crippen LogP contribution < -0.4 is 5.32 Å². The van der Waals surface area contributed by atoms with Crippen LogP contribution in [0, 0.1) is 11.5 Å². The molecule has 1 aliphatic rings. The molecule has 0 aromatic carbocycles. The third kappa shape index (κ3) is 2.71. The number of nitrogens with one attached hydrogen (secondary N) is 1. The lowest BCUT2D eigenvalue weighted by Crippen LogP contribution is -2.34. The SMILES string of the molecule is CN(CCNC#N)C1CCCC1. The number of nitriles is 1. The zero-order valence-electron chi connectivity index (χ0n) is 7.71. The summed E-state index contributed by atoms with van der Waals surface area (Å²) in [5.41, 5.74) is 0. The van der Waals surface area contributed by atoms with Gasteiger partial charge in [-0.15, -0.1) is 0 Å². The van der Waals surface area contributed by atoms with Gasteiger partial charge in [-0.3, -0.25) is 0 Å². The molecule has 0 atom stereocenters. The lowest BCUT2D eigenvalue weighted by molar-refractivity contribution is 0.249. The minimum atomic E-state index is 0.769. The van der Waals surface area contributed by atoms with E-state index < -0.39 is 0 Å². The normalized spacial score (nSPS) is 18.1. The first-order valence-corrected chi connectivity index (χ1v) is 4.67. The van der Waals surface area contributed by atoms with Crippen molar-refractivity contribution < 1.29 is 0 Å². The van der Waals surface area contributed by atoms with Gasteiger partial charge in [0.15, 0.2) is 6.19 Å². The van der Waals surface area contributed by atoms with Gasteiger partial charge in [0.05, 0.1) is 0 Å². The summed E-state index contributed by atoms with van der Waals surface area (Å²) in [6.45, 7) is 1.77. The Morgan fingerprint density at radius 2 is 2.17 bits per heavy atom. The van der Waals surface area contributed by atoms with Crippen LogP contribution in [0.2, 0.25) is 0 Å². The number of hydrogen-bond donors (Lipinski definition) is 1. The standard InChI is InChI=1S/C9H17N3/c1-12(7-6-11-8-10)9-4-2-3-5-9/h9,11H,2-7H2,1H3. The van der Waals surface area contributed by atoms with Gasteiger partial charge in [-0.1, -0.05) is 12.8 Å². The highest BCUT2D eigenvalue weighted by molar-refractivity contribution is 4.76. The van der Waals surface area contributed by atoms with Crippen LogP contribution in [-0.2, 0) is 0 Å². The molecule has 0 heterocycles. The van der Waals surface area contributed by atoms with Gasteiger partial charge in [-0.2, -0.15) is 5.26 Å². The topological polar surface area (TPSA) is 39.1 Å². The highest BCUT2D eigenvalue weighted by atomic mass is 15.1. The van der Waals surface area contributed by atoms with Gasteiger partial charge < -0.3 is 10.2 Å². The summed E-state index contributed by atoms with van der Waals surface area (Å²) in [6, 6.07) is 0.769. The molecule has 0 bridgehead atoms. The zero-order valence-corrected chi connectivity index (χ0v) is 7.71. The van der Waals surface area contributed by atoms with Crippen LogP contribution in [0.15, 0.2) is 0 Å². The van der Waals surface area contributed by atoms with Crippen LogP contribution in [0.1, 0.15) is 25.7 Å². The smallest absolute Gasteiger partial charge is 0.176 e. The lowest BCUT2D eigenvalue weighted by atomic mass is 10.2. The molecule has 0 unspecified atom stereocenters. The van der Waals surface area contributed by atoms with Crippen LogP contribution in [0.5, 0.6) is 0 Å². The van der Waals surface area contributed by atoms with E-state index in [-0.39, 0.29) is 0 Å². The number of rotatable bonds is 4. The molecule has 0 aromatic heterocycles. The van der Waals surface area contributed by atoms with Crippen molar-refractivity contribution in [3.8, 4) is 6.19 Å². The molecule has 1 rings (SSSR count). The Labute approximate surface area is 74.4 Å². The zero-order chi connectivity index (χ0) is 8.81. The molecule has 3 heteroatoms. The molecule has 0 aromatic rings. The van der Waals surface area contributed by atoms with Crippen molar-refractivity contribution in [3.63, 3.8) is 0 Å². The maximum atomic E-state index is 8.26. The van der Waals surface area contributed by atoms with E-state index in [0.717, 1.165) is 19.1 Å². The summed E-state index contributed by atoms with van der Waals surface area (Å²) in [4.78, 5) is 2.36. The Balaban J connectivity index is 2.10. The molecule has 1 N–H and O–H groups in total. The quantitative estimate of drug-likeness (QED) is 0.384. The maximum absolute atomic E-state index is 8.26. The van der Waals surface area contributed by atoms with Crippen molar-refractivity contribution in [2.45, 2.75) is 31.7 Å². The third-order valence-electron chi connectivity index (χ3n) is 2.62. The van der Waals surface area contributed by atoms with Crippen LogP contribution in [-0.4, -0.2) is 31.1 Å². The fraction of sp³-hybridized carbons (Fsp3) is 0.889. The van der Waals surface area contributed by atoms with Crippen molar-refractivity contribution in [2.24, 2.45) is 0 Å². The molecule has 0 aliphatic heterocycles. The summed E-state index contributed by atoms with van der Waals surface area (Å²) < 4.78 is 0. The minimum Gasteiger partial charge on any atom is -0.323 e. The molecule has 0 spiro atoms. The van der Waals surface area contributed by atoms with Gasteiger partial charge in [0.2, 0.25) is 0 Å². The average molecular weight is 167 g/mol. The number of likely N-dealkylation sites (N-methyl/N-ethyl adjacent to an activating group) is 1. The predicted molar refractivity (Wildman–Crippen MR) is 48.5 cm³/mol. The van der Waals surface area contributed by atoms with E-state index >= 15 is 0 Å². The fourth-order valence-corrected chi connectivity index (χ4v) is 1.82. The molecule has 1 fully saturated rings. The largest absolute Gasteiger partial charge is 0.323 e. The second-order valence-electron chi connectivity index (χ2n) is 3.46. The Morgan fingerprint density at radius 3 is 2.75 bits per heavy atom. The van der Waals surface area contributed by atoms with E-state index in [4.69, 9.17) is 5.26 Å². The maximum Gasteiger partial charge on any atom is 0.176 e. The van der Waals surface area contributed by atoms with Gasteiger partial charge >= 0.3 is 0 Å². The Kier molecular flexibility index (Phi) is 3.89. The molecule has 1 aliphatic carbocycles. The van der Waals surface area contributed by atoms with Crippen molar-refractivity contribution in [1.82, 2.24) is 10.2 Å². The summed E-state index contributed by atoms with van der Waals surface area (Å²) in [5, 5.41) is 10.9. The van der Waals surface area contributed by atoms with Crippen molar-refractivity contribution in [1.29, 1.82) is 5.26 Å². The van der Waals surface area contributed by atoms with Crippen LogP contribution in [0.4, 0.5) is 0 Å². The minimum absolute atomic E-state index is 0.769. The predicted octanol–water partition coefficient (Wildman–Crippen LogP) is 0.931.